The number of carbonyl (C=O) groups excluding carboxylic acids is 1. The minimum atomic E-state index is 0.0326. The molecule has 0 bridgehead atoms. The topological polar surface area (TPSA) is 78.9 Å². The van der Waals surface area contributed by atoms with Crippen LogP contribution in [-0.4, -0.2) is 53.2 Å². The minimum absolute atomic E-state index is 0.0326. The number of nitrogens with zero attached hydrogens (tertiary/aromatic N) is 5. The number of aryl methyl sites for hydroxylation is 1. The number of rotatable bonds is 3. The molecule has 2 aromatic rings. The summed E-state index contributed by atoms with van der Waals surface area (Å²) in [7, 11) is 3.55. The summed E-state index contributed by atoms with van der Waals surface area (Å²) in [5, 5.41) is 7.33. The molecule has 3 heterocycles. The van der Waals surface area contributed by atoms with E-state index >= 15 is 0 Å². The zero-order valence-corrected chi connectivity index (χ0v) is 13.3. The number of carbonyl (C=O) groups is 1. The second kappa shape index (κ2) is 6.55. The maximum atomic E-state index is 12.4. The van der Waals surface area contributed by atoms with Gasteiger partial charge in [-0.15, -0.1) is 0 Å². The summed E-state index contributed by atoms with van der Waals surface area (Å²) in [5.74, 6) is 1.55. The van der Waals surface area contributed by atoms with Gasteiger partial charge < -0.3 is 19.5 Å². The zero-order valence-electron chi connectivity index (χ0n) is 13.3. The van der Waals surface area contributed by atoms with Crippen LogP contribution < -0.4 is 10.2 Å². The molecule has 1 saturated heterocycles. The highest BCUT2D eigenvalue weighted by Gasteiger charge is 2.27. The van der Waals surface area contributed by atoms with Crippen molar-refractivity contribution in [3.8, 4) is 0 Å². The molecule has 0 aromatic carbocycles. The number of hydrogen-bond donors (Lipinski definition) is 1. The first-order chi connectivity index (χ1) is 11.2. The number of piperazine rings is 1. The summed E-state index contributed by atoms with van der Waals surface area (Å²) in [6.45, 7) is 2.13. The fourth-order valence-corrected chi connectivity index (χ4v) is 2.59. The SMILES string of the molecule is CN=C(NCc1ccco1)N1CCN(c2cnn(C)c2)C(=O)C1. The van der Waals surface area contributed by atoms with Crippen molar-refractivity contribution in [2.75, 3.05) is 31.6 Å². The standard InChI is InChI=1S/C15H20N6O2/c1-16-15(17-9-13-4-3-7-23-13)20-5-6-21(14(22)11-20)12-8-18-19(2)10-12/h3-4,7-8,10H,5-6,9,11H2,1-2H3,(H,16,17). The smallest absolute Gasteiger partial charge is 0.246 e. The first kappa shape index (κ1) is 15.1. The van der Waals surface area contributed by atoms with Gasteiger partial charge in [0.2, 0.25) is 5.91 Å². The van der Waals surface area contributed by atoms with Gasteiger partial charge in [-0.3, -0.25) is 14.5 Å². The fourth-order valence-electron chi connectivity index (χ4n) is 2.59. The molecule has 122 valence electrons. The molecule has 3 rings (SSSR count). The summed E-state index contributed by atoms with van der Waals surface area (Å²) >= 11 is 0. The van der Waals surface area contributed by atoms with Gasteiger partial charge in [-0.05, 0) is 12.1 Å². The lowest BCUT2D eigenvalue weighted by Crippen LogP contribution is -2.55. The van der Waals surface area contributed by atoms with E-state index in [-0.39, 0.29) is 12.5 Å². The molecule has 0 unspecified atom stereocenters. The van der Waals surface area contributed by atoms with Crippen LogP contribution in [-0.2, 0) is 18.4 Å². The average molecular weight is 316 g/mol. The molecule has 0 saturated carbocycles. The maximum Gasteiger partial charge on any atom is 0.246 e. The van der Waals surface area contributed by atoms with E-state index in [1.54, 1.807) is 29.1 Å². The van der Waals surface area contributed by atoms with Crippen LogP contribution in [0.2, 0.25) is 0 Å². The van der Waals surface area contributed by atoms with Gasteiger partial charge in [-0.25, -0.2) is 0 Å². The number of hydrogen-bond acceptors (Lipinski definition) is 4. The molecular weight excluding hydrogens is 296 g/mol. The molecule has 0 spiro atoms. The van der Waals surface area contributed by atoms with Gasteiger partial charge in [0, 0.05) is 33.4 Å². The molecule has 1 amide bonds. The van der Waals surface area contributed by atoms with E-state index in [0.717, 1.165) is 11.4 Å². The number of aliphatic imine (C=N–C) groups is 1. The summed E-state index contributed by atoms with van der Waals surface area (Å²) < 4.78 is 6.99. The Morgan fingerprint density at radius 3 is 2.96 bits per heavy atom. The molecule has 0 atom stereocenters. The molecule has 8 heteroatoms. The van der Waals surface area contributed by atoms with Crippen LogP contribution in [0.3, 0.4) is 0 Å². The Balaban J connectivity index is 1.60. The van der Waals surface area contributed by atoms with Gasteiger partial charge in [0.1, 0.15) is 12.3 Å². The number of amides is 1. The van der Waals surface area contributed by atoms with Gasteiger partial charge in [0.15, 0.2) is 5.96 Å². The Morgan fingerprint density at radius 2 is 2.35 bits per heavy atom. The molecule has 0 radical (unpaired) electrons. The number of anilines is 1. The maximum absolute atomic E-state index is 12.4. The first-order valence-corrected chi connectivity index (χ1v) is 7.44. The fraction of sp³-hybridized carbons (Fsp3) is 0.400. The largest absolute Gasteiger partial charge is 0.467 e. The van der Waals surface area contributed by atoms with Gasteiger partial charge in [-0.1, -0.05) is 0 Å². The lowest BCUT2D eigenvalue weighted by Gasteiger charge is -2.35. The quantitative estimate of drug-likeness (QED) is 0.656. The van der Waals surface area contributed by atoms with Gasteiger partial charge in [-0.2, -0.15) is 5.10 Å². The Morgan fingerprint density at radius 1 is 1.48 bits per heavy atom. The van der Waals surface area contributed by atoms with Crippen molar-refractivity contribution in [2.24, 2.45) is 12.0 Å². The molecule has 1 aliphatic heterocycles. The van der Waals surface area contributed by atoms with E-state index < -0.39 is 0 Å². The predicted octanol–water partition coefficient (Wildman–Crippen LogP) is 0.437. The second-order valence-corrected chi connectivity index (χ2v) is 5.32. The Hall–Kier alpha value is -2.77. The summed E-state index contributed by atoms with van der Waals surface area (Å²) in [6, 6.07) is 3.74. The van der Waals surface area contributed by atoms with Crippen LogP contribution >= 0.6 is 0 Å². The number of furan rings is 1. The summed E-state index contributed by atoms with van der Waals surface area (Å²) in [6.07, 6.45) is 5.19. The lowest BCUT2D eigenvalue weighted by molar-refractivity contribution is -0.120. The van der Waals surface area contributed by atoms with Crippen LogP contribution in [0.25, 0.3) is 0 Å². The second-order valence-electron chi connectivity index (χ2n) is 5.32. The molecule has 1 N–H and O–H groups in total. The van der Waals surface area contributed by atoms with Crippen molar-refractivity contribution < 1.29 is 9.21 Å². The monoisotopic (exact) mass is 316 g/mol. The Kier molecular flexibility index (Phi) is 4.31. The van der Waals surface area contributed by atoms with Crippen molar-refractivity contribution in [2.45, 2.75) is 6.54 Å². The van der Waals surface area contributed by atoms with E-state index in [0.29, 0.717) is 25.6 Å². The summed E-state index contributed by atoms with van der Waals surface area (Å²) in [5.41, 5.74) is 0.829. The van der Waals surface area contributed by atoms with Crippen molar-refractivity contribution in [1.82, 2.24) is 20.0 Å². The average Bonchev–Trinajstić information content (AvgIpc) is 3.20. The highest BCUT2D eigenvalue weighted by Crippen LogP contribution is 2.16. The first-order valence-electron chi connectivity index (χ1n) is 7.44. The van der Waals surface area contributed by atoms with Crippen molar-refractivity contribution >= 4 is 17.6 Å². The van der Waals surface area contributed by atoms with Crippen LogP contribution in [0.4, 0.5) is 5.69 Å². The summed E-state index contributed by atoms with van der Waals surface area (Å²) in [4.78, 5) is 20.4. The van der Waals surface area contributed by atoms with E-state index in [2.05, 4.69) is 15.4 Å². The third-order valence-electron chi connectivity index (χ3n) is 3.74. The van der Waals surface area contributed by atoms with E-state index in [9.17, 15) is 4.79 Å². The van der Waals surface area contributed by atoms with Crippen molar-refractivity contribution in [1.29, 1.82) is 0 Å². The van der Waals surface area contributed by atoms with Crippen molar-refractivity contribution in [3.63, 3.8) is 0 Å². The molecule has 8 nitrogen and oxygen atoms in total. The number of aromatic nitrogens is 2. The Labute approximate surface area is 134 Å². The van der Waals surface area contributed by atoms with Gasteiger partial charge in [0.25, 0.3) is 0 Å². The number of nitrogens with one attached hydrogen (secondary N) is 1. The molecule has 1 aliphatic rings. The van der Waals surface area contributed by atoms with Gasteiger partial charge in [0.05, 0.1) is 24.7 Å². The Bertz CT molecular complexity index is 691. The van der Waals surface area contributed by atoms with E-state index in [1.807, 2.05) is 30.3 Å². The highest BCUT2D eigenvalue weighted by atomic mass is 16.3. The van der Waals surface area contributed by atoms with E-state index in [4.69, 9.17) is 4.42 Å². The molecule has 1 fully saturated rings. The third-order valence-corrected chi connectivity index (χ3v) is 3.74. The molecule has 2 aromatic heterocycles. The van der Waals surface area contributed by atoms with Crippen LogP contribution in [0.5, 0.6) is 0 Å². The van der Waals surface area contributed by atoms with Gasteiger partial charge >= 0.3 is 0 Å². The van der Waals surface area contributed by atoms with Crippen LogP contribution in [0.1, 0.15) is 5.76 Å². The van der Waals surface area contributed by atoms with Crippen LogP contribution in [0.15, 0.2) is 40.2 Å². The van der Waals surface area contributed by atoms with Crippen LogP contribution in [0, 0.1) is 0 Å². The third kappa shape index (κ3) is 3.36. The predicted molar refractivity (Wildman–Crippen MR) is 86.0 cm³/mol. The molecule has 0 aliphatic carbocycles. The zero-order chi connectivity index (χ0) is 16.2. The molecule has 23 heavy (non-hydrogen) atoms. The highest BCUT2D eigenvalue weighted by molar-refractivity contribution is 5.98. The van der Waals surface area contributed by atoms with Crippen molar-refractivity contribution in [3.05, 3.63) is 36.5 Å². The van der Waals surface area contributed by atoms with E-state index in [1.165, 1.54) is 0 Å². The number of guanidine groups is 1. The minimum Gasteiger partial charge on any atom is -0.467 e. The molecular formula is C15H20N6O2. The normalized spacial score (nSPS) is 16.1. The lowest BCUT2D eigenvalue weighted by atomic mass is 10.3.